The lowest BCUT2D eigenvalue weighted by Gasteiger charge is -2.25. The first-order chi connectivity index (χ1) is 17.4. The SMILES string of the molecule is CN1CCc2ccc(NC(=O)c3cccc(CNC(=O)c4cc5ccc(C(N)=O)cc5[nH]4)c3)cc2C1. The van der Waals surface area contributed by atoms with Crippen LogP contribution in [0.4, 0.5) is 5.69 Å². The smallest absolute Gasteiger partial charge is 0.267 e. The highest BCUT2D eigenvalue weighted by atomic mass is 16.2. The number of carbonyl (C=O) groups excluding carboxylic acids is 3. The molecular formula is C28H27N5O3. The standard InChI is InChI=1S/C28H27N5O3/c1-33-10-9-18-7-8-23(12-22(18)16-33)31-27(35)21-4-2-3-17(11-21)15-30-28(36)25-13-19-5-6-20(26(29)34)14-24(19)32-25/h2-8,11-14,32H,9-10,15-16H2,1H3,(H2,29,34)(H,30,36)(H,31,35). The molecule has 1 aliphatic rings. The Bertz CT molecular complexity index is 1490. The fourth-order valence-electron chi connectivity index (χ4n) is 4.48. The monoisotopic (exact) mass is 481 g/mol. The molecule has 0 spiro atoms. The Balaban J connectivity index is 1.23. The Morgan fingerprint density at radius 1 is 0.944 bits per heavy atom. The van der Waals surface area contributed by atoms with Crippen LogP contribution >= 0.6 is 0 Å². The van der Waals surface area contributed by atoms with Crippen LogP contribution in [0.15, 0.2) is 66.7 Å². The number of rotatable bonds is 6. The summed E-state index contributed by atoms with van der Waals surface area (Å²) in [5.74, 6) is -1.02. The number of benzene rings is 3. The number of nitrogens with one attached hydrogen (secondary N) is 3. The predicted molar refractivity (Wildman–Crippen MR) is 139 cm³/mol. The summed E-state index contributed by atoms with van der Waals surface area (Å²) in [4.78, 5) is 42.3. The zero-order chi connectivity index (χ0) is 25.2. The van der Waals surface area contributed by atoms with Gasteiger partial charge in [-0.1, -0.05) is 24.3 Å². The summed E-state index contributed by atoms with van der Waals surface area (Å²) in [7, 11) is 2.09. The van der Waals surface area contributed by atoms with Crippen molar-refractivity contribution in [1.82, 2.24) is 15.2 Å². The van der Waals surface area contributed by atoms with Gasteiger partial charge in [-0.2, -0.15) is 0 Å². The minimum Gasteiger partial charge on any atom is -0.366 e. The fraction of sp³-hybridized carbons (Fsp3) is 0.179. The average Bonchev–Trinajstić information content (AvgIpc) is 3.31. The number of primary amides is 1. The number of amides is 3. The Kier molecular flexibility index (Phi) is 6.26. The number of nitrogens with zero attached hydrogens (tertiary/aromatic N) is 1. The maximum absolute atomic E-state index is 12.9. The molecule has 5 N–H and O–H groups in total. The van der Waals surface area contributed by atoms with E-state index in [0.29, 0.717) is 22.3 Å². The van der Waals surface area contributed by atoms with Crippen molar-refractivity contribution >= 4 is 34.3 Å². The first kappa shape index (κ1) is 23.3. The number of carbonyl (C=O) groups is 3. The number of H-pyrrole nitrogens is 1. The van der Waals surface area contributed by atoms with E-state index in [1.807, 2.05) is 18.2 Å². The molecule has 1 aliphatic heterocycles. The Morgan fingerprint density at radius 2 is 1.81 bits per heavy atom. The van der Waals surface area contributed by atoms with E-state index < -0.39 is 5.91 Å². The van der Waals surface area contributed by atoms with Crippen molar-refractivity contribution in [2.75, 3.05) is 18.9 Å². The first-order valence-corrected chi connectivity index (χ1v) is 11.8. The van der Waals surface area contributed by atoms with Gasteiger partial charge in [-0.25, -0.2) is 0 Å². The van der Waals surface area contributed by atoms with Crippen LogP contribution in [0.2, 0.25) is 0 Å². The summed E-state index contributed by atoms with van der Waals surface area (Å²) < 4.78 is 0. The van der Waals surface area contributed by atoms with E-state index in [0.717, 1.165) is 36.1 Å². The fourth-order valence-corrected chi connectivity index (χ4v) is 4.48. The number of hydrogen-bond acceptors (Lipinski definition) is 4. The molecule has 0 radical (unpaired) electrons. The molecule has 2 heterocycles. The summed E-state index contributed by atoms with van der Waals surface area (Å²) in [6.07, 6.45) is 1.01. The quantitative estimate of drug-likeness (QED) is 0.337. The van der Waals surface area contributed by atoms with Crippen molar-refractivity contribution in [2.45, 2.75) is 19.5 Å². The molecule has 0 saturated carbocycles. The molecule has 4 aromatic rings. The molecule has 0 atom stereocenters. The summed E-state index contributed by atoms with van der Waals surface area (Å²) >= 11 is 0. The Labute approximate surface area is 208 Å². The highest BCUT2D eigenvalue weighted by molar-refractivity contribution is 6.04. The Hall–Kier alpha value is -4.43. The van der Waals surface area contributed by atoms with E-state index in [4.69, 9.17) is 5.73 Å². The summed E-state index contributed by atoms with van der Waals surface area (Å²) in [5, 5.41) is 6.66. The second-order valence-electron chi connectivity index (χ2n) is 9.16. The topological polar surface area (TPSA) is 120 Å². The zero-order valence-electron chi connectivity index (χ0n) is 19.9. The molecule has 3 amide bonds. The predicted octanol–water partition coefficient (Wildman–Crippen LogP) is 3.44. The van der Waals surface area contributed by atoms with Crippen LogP contribution in [-0.4, -0.2) is 41.2 Å². The van der Waals surface area contributed by atoms with Gasteiger partial charge in [0.15, 0.2) is 0 Å². The van der Waals surface area contributed by atoms with Gasteiger partial charge in [-0.05, 0) is 72.6 Å². The molecule has 0 unspecified atom stereocenters. The van der Waals surface area contributed by atoms with E-state index in [1.165, 1.54) is 11.1 Å². The van der Waals surface area contributed by atoms with Gasteiger partial charge in [-0.3, -0.25) is 14.4 Å². The summed E-state index contributed by atoms with van der Waals surface area (Å²) in [6.45, 7) is 2.17. The number of fused-ring (bicyclic) bond motifs is 2. The molecule has 3 aromatic carbocycles. The minimum absolute atomic E-state index is 0.201. The van der Waals surface area contributed by atoms with Crippen LogP contribution < -0.4 is 16.4 Å². The molecule has 36 heavy (non-hydrogen) atoms. The summed E-state index contributed by atoms with van der Waals surface area (Å²) in [6, 6.07) is 20.0. The van der Waals surface area contributed by atoms with Gasteiger partial charge < -0.3 is 26.3 Å². The van der Waals surface area contributed by atoms with E-state index in [1.54, 1.807) is 42.5 Å². The van der Waals surface area contributed by atoms with Crippen LogP contribution in [0.25, 0.3) is 10.9 Å². The van der Waals surface area contributed by atoms with Gasteiger partial charge in [0, 0.05) is 47.4 Å². The lowest BCUT2D eigenvalue weighted by atomic mass is 9.99. The van der Waals surface area contributed by atoms with Crippen molar-refractivity contribution < 1.29 is 14.4 Å². The van der Waals surface area contributed by atoms with Crippen molar-refractivity contribution in [1.29, 1.82) is 0 Å². The molecule has 0 bridgehead atoms. The van der Waals surface area contributed by atoms with Gasteiger partial charge in [0.25, 0.3) is 11.8 Å². The van der Waals surface area contributed by atoms with Gasteiger partial charge in [0.05, 0.1) is 0 Å². The Morgan fingerprint density at radius 3 is 2.64 bits per heavy atom. The van der Waals surface area contributed by atoms with Gasteiger partial charge in [-0.15, -0.1) is 0 Å². The van der Waals surface area contributed by atoms with Crippen LogP contribution in [0, 0.1) is 0 Å². The van der Waals surface area contributed by atoms with Crippen LogP contribution in [-0.2, 0) is 19.5 Å². The second-order valence-corrected chi connectivity index (χ2v) is 9.16. The third-order valence-electron chi connectivity index (χ3n) is 6.46. The molecule has 1 aromatic heterocycles. The molecule has 0 fully saturated rings. The molecule has 8 heteroatoms. The maximum Gasteiger partial charge on any atom is 0.267 e. The highest BCUT2D eigenvalue weighted by Gasteiger charge is 2.15. The molecule has 182 valence electrons. The lowest BCUT2D eigenvalue weighted by molar-refractivity contribution is 0.0945. The van der Waals surface area contributed by atoms with E-state index in [-0.39, 0.29) is 18.4 Å². The number of hydrogen-bond donors (Lipinski definition) is 4. The normalized spacial score (nSPS) is 13.2. The zero-order valence-corrected chi connectivity index (χ0v) is 19.9. The first-order valence-electron chi connectivity index (χ1n) is 11.8. The van der Waals surface area contributed by atoms with Crippen LogP contribution in [0.3, 0.4) is 0 Å². The third-order valence-corrected chi connectivity index (χ3v) is 6.46. The lowest BCUT2D eigenvalue weighted by Crippen LogP contribution is -2.26. The van der Waals surface area contributed by atoms with E-state index in [2.05, 4.69) is 33.6 Å². The van der Waals surface area contributed by atoms with Crippen LogP contribution in [0.1, 0.15) is 47.9 Å². The molecule has 0 aliphatic carbocycles. The van der Waals surface area contributed by atoms with Crippen molar-refractivity contribution in [3.63, 3.8) is 0 Å². The highest BCUT2D eigenvalue weighted by Crippen LogP contribution is 2.22. The number of anilines is 1. The van der Waals surface area contributed by atoms with E-state index >= 15 is 0 Å². The molecule has 8 nitrogen and oxygen atoms in total. The summed E-state index contributed by atoms with van der Waals surface area (Å²) in [5.41, 5.74) is 11.4. The van der Waals surface area contributed by atoms with Gasteiger partial charge in [0.1, 0.15) is 5.69 Å². The minimum atomic E-state index is -0.527. The molecule has 5 rings (SSSR count). The largest absolute Gasteiger partial charge is 0.366 e. The number of nitrogens with two attached hydrogens (primary N) is 1. The maximum atomic E-state index is 12.9. The van der Waals surface area contributed by atoms with E-state index in [9.17, 15) is 14.4 Å². The van der Waals surface area contributed by atoms with Crippen molar-refractivity contribution in [2.24, 2.45) is 5.73 Å². The molecular weight excluding hydrogens is 454 g/mol. The molecule has 0 saturated heterocycles. The van der Waals surface area contributed by atoms with Crippen LogP contribution in [0.5, 0.6) is 0 Å². The number of likely N-dealkylation sites (N-methyl/N-ethyl adjacent to an activating group) is 1. The number of aromatic nitrogens is 1. The average molecular weight is 482 g/mol. The van der Waals surface area contributed by atoms with Gasteiger partial charge in [0.2, 0.25) is 5.91 Å². The third kappa shape index (κ3) is 4.99. The second kappa shape index (κ2) is 9.67. The number of aromatic amines is 1. The van der Waals surface area contributed by atoms with Crippen molar-refractivity contribution in [3.8, 4) is 0 Å². The van der Waals surface area contributed by atoms with Gasteiger partial charge >= 0.3 is 0 Å². The van der Waals surface area contributed by atoms with Crippen molar-refractivity contribution in [3.05, 3.63) is 100 Å².